The second-order valence-corrected chi connectivity index (χ2v) is 8.89. The average molecular weight is 472 g/mol. The summed E-state index contributed by atoms with van der Waals surface area (Å²) < 4.78 is 6.45. The maximum Gasteiger partial charge on any atom is 0.301 e. The first-order valence-corrected chi connectivity index (χ1v) is 11.6. The number of hydrogen-bond donors (Lipinski definition) is 1. The number of aliphatic hydroxyl groups is 1. The van der Waals surface area contributed by atoms with Gasteiger partial charge in [-0.2, -0.15) is 0 Å². The Morgan fingerprint density at radius 1 is 1.15 bits per heavy atom. The highest BCUT2D eigenvalue weighted by Crippen LogP contribution is 2.44. The summed E-state index contributed by atoms with van der Waals surface area (Å²) in [4.78, 5) is 36.7. The predicted molar refractivity (Wildman–Crippen MR) is 131 cm³/mol. The Balaban J connectivity index is 1.70. The minimum atomic E-state index is -0.869. The van der Waals surface area contributed by atoms with Crippen LogP contribution >= 0.6 is 11.3 Å². The zero-order valence-electron chi connectivity index (χ0n) is 18.6. The summed E-state index contributed by atoms with van der Waals surface area (Å²) in [6.45, 7) is 4.30. The number of aliphatic hydroxyl groups excluding tert-OH is 1. The van der Waals surface area contributed by atoms with Crippen molar-refractivity contribution in [2.75, 3.05) is 11.5 Å². The van der Waals surface area contributed by atoms with Crippen molar-refractivity contribution in [1.29, 1.82) is 0 Å². The van der Waals surface area contributed by atoms with E-state index in [1.54, 1.807) is 48.8 Å². The van der Waals surface area contributed by atoms with Gasteiger partial charge in [-0.25, -0.2) is 4.98 Å². The number of carbonyl (C=O) groups excluding carboxylic acids is 2. The number of aryl methyl sites for hydroxylation is 1. The third-order valence-corrected chi connectivity index (χ3v) is 6.62. The third kappa shape index (κ3) is 3.72. The number of amides is 1. The maximum atomic E-state index is 13.3. The molecule has 4 aromatic rings. The Morgan fingerprint density at radius 3 is 2.76 bits per heavy atom. The van der Waals surface area contributed by atoms with Gasteiger partial charge in [-0.15, -0.1) is 0 Å². The molecule has 3 heterocycles. The summed E-state index contributed by atoms with van der Waals surface area (Å²) in [6.07, 6.45) is 3.20. The number of rotatable bonds is 5. The highest BCUT2D eigenvalue weighted by Gasteiger charge is 2.48. The first kappa shape index (κ1) is 21.8. The maximum absolute atomic E-state index is 13.3. The number of benzene rings is 2. The number of thiazole rings is 1. The first-order valence-electron chi connectivity index (χ1n) is 10.8. The highest BCUT2D eigenvalue weighted by molar-refractivity contribution is 7.22. The Kier molecular flexibility index (Phi) is 5.59. The molecular weight excluding hydrogens is 450 g/mol. The minimum absolute atomic E-state index is 0.0120. The number of Topliss-reactive ketones (excluding diaryl/α,β-unsaturated/α-hetero) is 1. The smallest absolute Gasteiger partial charge is 0.301 e. The molecule has 0 bridgehead atoms. The minimum Gasteiger partial charge on any atom is -0.507 e. The molecule has 170 valence electrons. The van der Waals surface area contributed by atoms with Crippen LogP contribution < -0.4 is 9.64 Å². The van der Waals surface area contributed by atoms with E-state index >= 15 is 0 Å². The quantitative estimate of drug-likeness (QED) is 0.249. The molecule has 1 atom stereocenters. The summed E-state index contributed by atoms with van der Waals surface area (Å²) in [6, 6.07) is 15.3. The summed E-state index contributed by atoms with van der Waals surface area (Å²) >= 11 is 1.33. The second-order valence-electron chi connectivity index (χ2n) is 7.88. The number of aromatic nitrogens is 2. The highest BCUT2D eigenvalue weighted by atomic mass is 32.1. The van der Waals surface area contributed by atoms with Crippen LogP contribution in [0.25, 0.3) is 16.0 Å². The molecule has 1 amide bonds. The molecule has 1 saturated heterocycles. The predicted octanol–water partition coefficient (Wildman–Crippen LogP) is 5.02. The van der Waals surface area contributed by atoms with Crippen LogP contribution in [0, 0.1) is 6.92 Å². The van der Waals surface area contributed by atoms with Gasteiger partial charge in [-0.1, -0.05) is 35.6 Å². The monoisotopic (exact) mass is 471 g/mol. The zero-order chi connectivity index (χ0) is 23.8. The Bertz CT molecular complexity index is 1440. The fraction of sp³-hybridized carbons (Fsp3) is 0.154. The summed E-state index contributed by atoms with van der Waals surface area (Å²) in [5, 5.41) is 11.6. The van der Waals surface area contributed by atoms with Crippen molar-refractivity contribution in [3.8, 4) is 5.75 Å². The summed E-state index contributed by atoms with van der Waals surface area (Å²) in [5.41, 5.74) is 2.78. The molecule has 8 heteroatoms. The zero-order valence-corrected chi connectivity index (χ0v) is 19.4. The molecule has 0 spiro atoms. The molecular formula is C26H21N3O4S. The topological polar surface area (TPSA) is 92.6 Å². The molecule has 1 N–H and O–H groups in total. The first-order chi connectivity index (χ1) is 16.5. The lowest BCUT2D eigenvalue weighted by molar-refractivity contribution is -0.132. The molecule has 0 aliphatic carbocycles. The Labute approximate surface area is 200 Å². The van der Waals surface area contributed by atoms with Crippen LogP contribution in [0.5, 0.6) is 5.75 Å². The van der Waals surface area contributed by atoms with E-state index in [9.17, 15) is 14.7 Å². The molecule has 1 unspecified atom stereocenters. The number of fused-ring (bicyclic) bond motifs is 1. The Hall–Kier alpha value is -4.04. The SMILES string of the molecule is CCOc1cccc(C(O)=C2C(=O)C(=O)N(c3nc4ccc(C)cc4s3)C2c2cccnc2)c1. The van der Waals surface area contributed by atoms with Crippen LogP contribution in [0.3, 0.4) is 0 Å². The van der Waals surface area contributed by atoms with Crippen molar-refractivity contribution in [2.45, 2.75) is 19.9 Å². The van der Waals surface area contributed by atoms with Crippen LogP contribution in [-0.4, -0.2) is 33.4 Å². The second kappa shape index (κ2) is 8.72. The van der Waals surface area contributed by atoms with E-state index in [1.807, 2.05) is 32.0 Å². The van der Waals surface area contributed by atoms with Crippen molar-refractivity contribution in [3.63, 3.8) is 0 Å². The molecule has 0 radical (unpaired) electrons. The van der Waals surface area contributed by atoms with Gasteiger partial charge in [-0.3, -0.25) is 19.5 Å². The van der Waals surface area contributed by atoms with Gasteiger partial charge in [0.2, 0.25) is 0 Å². The number of pyridine rings is 1. The van der Waals surface area contributed by atoms with Gasteiger partial charge in [0, 0.05) is 18.0 Å². The number of ketones is 1. The molecule has 1 aliphatic rings. The normalized spacial score (nSPS) is 17.5. The average Bonchev–Trinajstić information content (AvgIpc) is 3.37. The third-order valence-electron chi connectivity index (χ3n) is 5.60. The van der Waals surface area contributed by atoms with Crippen LogP contribution in [0.15, 0.2) is 72.6 Å². The number of anilines is 1. The van der Waals surface area contributed by atoms with Crippen molar-refractivity contribution >= 4 is 44.1 Å². The van der Waals surface area contributed by atoms with E-state index in [2.05, 4.69) is 9.97 Å². The van der Waals surface area contributed by atoms with E-state index in [4.69, 9.17) is 4.74 Å². The largest absolute Gasteiger partial charge is 0.507 e. The lowest BCUT2D eigenvalue weighted by Crippen LogP contribution is -2.29. The summed E-state index contributed by atoms with van der Waals surface area (Å²) in [7, 11) is 0. The van der Waals surface area contributed by atoms with E-state index in [-0.39, 0.29) is 11.3 Å². The van der Waals surface area contributed by atoms with Crippen molar-refractivity contribution in [2.24, 2.45) is 0 Å². The fourth-order valence-corrected chi connectivity index (χ4v) is 5.15. The molecule has 5 rings (SSSR count). The molecule has 7 nitrogen and oxygen atoms in total. The standard InChI is InChI=1S/C26H21N3O4S/c1-3-33-18-8-4-6-16(13-18)23(30)21-22(17-7-5-11-27-14-17)29(25(32)24(21)31)26-28-19-10-9-15(2)12-20(19)34-26/h4-14,22,30H,3H2,1-2H3. The van der Waals surface area contributed by atoms with Crippen LogP contribution in [0.2, 0.25) is 0 Å². The number of nitrogens with zero attached hydrogens (tertiary/aromatic N) is 3. The van der Waals surface area contributed by atoms with Crippen LogP contribution in [0.4, 0.5) is 5.13 Å². The van der Waals surface area contributed by atoms with Crippen LogP contribution in [-0.2, 0) is 9.59 Å². The molecule has 1 fully saturated rings. The molecule has 2 aromatic heterocycles. The Morgan fingerprint density at radius 2 is 2.00 bits per heavy atom. The molecule has 2 aromatic carbocycles. The van der Waals surface area contributed by atoms with E-state index in [1.165, 1.54) is 16.2 Å². The van der Waals surface area contributed by atoms with Crippen LogP contribution in [0.1, 0.15) is 29.7 Å². The van der Waals surface area contributed by atoms with Gasteiger partial charge in [0.05, 0.1) is 28.4 Å². The number of hydrogen-bond acceptors (Lipinski definition) is 7. The molecule has 1 aliphatic heterocycles. The van der Waals surface area contributed by atoms with Gasteiger partial charge in [0.25, 0.3) is 5.78 Å². The fourth-order valence-electron chi connectivity index (χ4n) is 4.06. The van der Waals surface area contributed by atoms with Crippen molar-refractivity contribution in [3.05, 3.63) is 89.3 Å². The van der Waals surface area contributed by atoms with E-state index in [0.29, 0.717) is 28.6 Å². The molecule has 34 heavy (non-hydrogen) atoms. The number of ether oxygens (including phenoxy) is 1. The van der Waals surface area contributed by atoms with E-state index < -0.39 is 17.7 Å². The van der Waals surface area contributed by atoms with Gasteiger partial charge in [0.1, 0.15) is 11.5 Å². The summed E-state index contributed by atoms with van der Waals surface area (Å²) in [5.74, 6) is -1.23. The molecule has 0 saturated carbocycles. The lowest BCUT2D eigenvalue weighted by atomic mass is 9.96. The van der Waals surface area contributed by atoms with Crippen molar-refractivity contribution in [1.82, 2.24) is 9.97 Å². The lowest BCUT2D eigenvalue weighted by Gasteiger charge is -2.22. The number of carbonyl (C=O) groups is 2. The van der Waals surface area contributed by atoms with Gasteiger partial charge in [-0.05, 0) is 55.3 Å². The van der Waals surface area contributed by atoms with Crippen molar-refractivity contribution < 1.29 is 19.4 Å². The van der Waals surface area contributed by atoms with Gasteiger partial charge in [0.15, 0.2) is 5.13 Å². The van der Waals surface area contributed by atoms with Gasteiger partial charge < -0.3 is 9.84 Å². The van der Waals surface area contributed by atoms with E-state index in [0.717, 1.165) is 15.8 Å². The van der Waals surface area contributed by atoms with Gasteiger partial charge >= 0.3 is 5.91 Å².